The molecule has 1 N–H and O–H groups in total. The maximum absolute atomic E-state index is 8.64. The highest BCUT2D eigenvalue weighted by molar-refractivity contribution is 6.30. The summed E-state index contributed by atoms with van der Waals surface area (Å²) in [5.74, 6) is 0.698. The van der Waals surface area contributed by atoms with Crippen LogP contribution in [0.4, 0.5) is 11.8 Å². The maximum Gasteiger partial charge on any atom is 0.327 e. The average molecular weight is 330 g/mol. The summed E-state index contributed by atoms with van der Waals surface area (Å²) in [6.07, 6.45) is 4.22. The Morgan fingerprint density at radius 3 is 2.57 bits per heavy atom. The van der Waals surface area contributed by atoms with E-state index in [2.05, 4.69) is 30.4 Å². The first-order chi connectivity index (χ1) is 11.2. The van der Waals surface area contributed by atoms with Crippen LogP contribution in [0.3, 0.4) is 0 Å². The first kappa shape index (κ1) is 16.3. The molecule has 0 spiro atoms. The van der Waals surface area contributed by atoms with Crippen molar-refractivity contribution in [3.8, 4) is 17.6 Å². The fourth-order valence-electron chi connectivity index (χ4n) is 1.45. The zero-order valence-corrected chi connectivity index (χ0v) is 13.1. The Bertz CT molecular complexity index is 793. The van der Waals surface area contributed by atoms with Crippen molar-refractivity contribution in [1.82, 2.24) is 25.1 Å². The Morgan fingerprint density at radius 1 is 1.13 bits per heavy atom. The largest absolute Gasteiger partial charge is 0.327 e. The second kappa shape index (κ2) is 7.82. The summed E-state index contributed by atoms with van der Waals surface area (Å²) >= 11 is 5.76. The number of hydrogen-bond donors (Lipinski definition) is 1. The summed E-state index contributed by atoms with van der Waals surface area (Å²) in [4.78, 5) is 16.1. The lowest BCUT2D eigenvalue weighted by atomic mass is 10.3. The van der Waals surface area contributed by atoms with Gasteiger partial charge >= 0.3 is 6.01 Å². The van der Waals surface area contributed by atoms with Crippen LogP contribution in [0.1, 0.15) is 19.5 Å². The maximum atomic E-state index is 8.64. The molecule has 0 saturated heterocycles. The highest BCUT2D eigenvalue weighted by atomic mass is 35.5. The van der Waals surface area contributed by atoms with Crippen molar-refractivity contribution in [2.24, 2.45) is 0 Å². The van der Waals surface area contributed by atoms with Crippen molar-refractivity contribution >= 4 is 23.4 Å². The SMILES string of the molecule is CC.N#Cc1cnc(Nc2nc(-c3ccc(Cl)cn3)no2)cn1. The summed E-state index contributed by atoms with van der Waals surface area (Å²) in [6, 6.07) is 5.37. The summed E-state index contributed by atoms with van der Waals surface area (Å²) in [7, 11) is 0. The monoisotopic (exact) mass is 329 g/mol. The second-order valence-corrected chi connectivity index (χ2v) is 4.24. The molecule has 0 atom stereocenters. The smallest absolute Gasteiger partial charge is 0.315 e. The Balaban J connectivity index is 0.000000924. The number of rotatable bonds is 3. The molecule has 0 saturated carbocycles. The Hall–Kier alpha value is -3.05. The molecule has 0 aliphatic rings. The molecule has 0 aliphatic heterocycles. The first-order valence-electron chi connectivity index (χ1n) is 6.69. The number of aromatic nitrogens is 5. The molecule has 9 heteroatoms. The molecule has 0 radical (unpaired) electrons. The van der Waals surface area contributed by atoms with Gasteiger partial charge in [0, 0.05) is 6.20 Å². The minimum Gasteiger partial charge on any atom is -0.315 e. The zero-order chi connectivity index (χ0) is 16.7. The van der Waals surface area contributed by atoms with Crippen LogP contribution in [0.15, 0.2) is 35.2 Å². The third kappa shape index (κ3) is 4.21. The molecule has 0 aromatic carbocycles. The summed E-state index contributed by atoms with van der Waals surface area (Å²) in [5.41, 5.74) is 0.749. The molecule has 0 unspecified atom stereocenters. The number of nitrogens with one attached hydrogen (secondary N) is 1. The van der Waals surface area contributed by atoms with Crippen molar-refractivity contribution in [1.29, 1.82) is 5.26 Å². The Kier molecular flexibility index (Phi) is 5.55. The quantitative estimate of drug-likeness (QED) is 0.779. The number of hydrogen-bond acceptors (Lipinski definition) is 8. The molecule has 3 heterocycles. The van der Waals surface area contributed by atoms with Crippen LogP contribution in [0.5, 0.6) is 0 Å². The summed E-state index contributed by atoms with van der Waals surface area (Å²) in [5, 5.41) is 15.7. The molecule has 0 bridgehead atoms. The van der Waals surface area contributed by atoms with E-state index in [4.69, 9.17) is 21.4 Å². The van der Waals surface area contributed by atoms with E-state index in [9.17, 15) is 0 Å². The molecule has 0 aliphatic carbocycles. The minimum atomic E-state index is 0.140. The van der Waals surface area contributed by atoms with Gasteiger partial charge in [0.15, 0.2) is 11.5 Å². The van der Waals surface area contributed by atoms with E-state index >= 15 is 0 Å². The minimum absolute atomic E-state index is 0.140. The normalized spacial score (nSPS) is 9.48. The van der Waals surface area contributed by atoms with Crippen molar-refractivity contribution in [2.75, 3.05) is 5.32 Å². The van der Waals surface area contributed by atoms with E-state index < -0.39 is 0 Å². The highest BCUT2D eigenvalue weighted by Crippen LogP contribution is 2.18. The van der Waals surface area contributed by atoms with Crippen LogP contribution < -0.4 is 5.32 Å². The molecule has 0 amide bonds. The van der Waals surface area contributed by atoms with E-state index in [1.54, 1.807) is 12.1 Å². The Labute approximate surface area is 137 Å². The topological polar surface area (TPSA) is 113 Å². The highest BCUT2D eigenvalue weighted by Gasteiger charge is 2.10. The van der Waals surface area contributed by atoms with E-state index in [1.165, 1.54) is 18.6 Å². The number of pyridine rings is 1. The van der Waals surface area contributed by atoms with E-state index in [0.29, 0.717) is 22.4 Å². The van der Waals surface area contributed by atoms with Gasteiger partial charge in [0.25, 0.3) is 0 Å². The molecule has 23 heavy (non-hydrogen) atoms. The van der Waals surface area contributed by atoms with Gasteiger partial charge in [-0.05, 0) is 12.1 Å². The van der Waals surface area contributed by atoms with Crippen LogP contribution in [-0.4, -0.2) is 25.1 Å². The van der Waals surface area contributed by atoms with Crippen LogP contribution in [0.2, 0.25) is 5.02 Å². The third-order valence-electron chi connectivity index (χ3n) is 2.38. The van der Waals surface area contributed by atoms with Crippen LogP contribution in [0, 0.1) is 11.3 Å². The van der Waals surface area contributed by atoms with Crippen molar-refractivity contribution in [3.63, 3.8) is 0 Å². The fourth-order valence-corrected chi connectivity index (χ4v) is 1.56. The van der Waals surface area contributed by atoms with E-state index in [0.717, 1.165) is 0 Å². The van der Waals surface area contributed by atoms with Gasteiger partial charge in [-0.25, -0.2) is 9.97 Å². The van der Waals surface area contributed by atoms with Gasteiger partial charge in [-0.3, -0.25) is 10.3 Å². The predicted octanol–water partition coefficient (Wildman–Crippen LogP) is 3.22. The summed E-state index contributed by atoms with van der Waals surface area (Å²) in [6.45, 7) is 4.00. The number of nitrogens with zero attached hydrogens (tertiary/aromatic N) is 6. The molecule has 8 nitrogen and oxygen atoms in total. The van der Waals surface area contributed by atoms with Crippen molar-refractivity contribution in [3.05, 3.63) is 41.4 Å². The lowest BCUT2D eigenvalue weighted by Crippen LogP contribution is -1.95. The van der Waals surface area contributed by atoms with E-state index in [1.807, 2.05) is 19.9 Å². The first-order valence-corrected chi connectivity index (χ1v) is 7.07. The molecular formula is C14H12ClN7O. The summed E-state index contributed by atoms with van der Waals surface area (Å²) < 4.78 is 5.03. The van der Waals surface area contributed by atoms with E-state index in [-0.39, 0.29) is 11.7 Å². The van der Waals surface area contributed by atoms with Gasteiger partial charge in [-0.2, -0.15) is 10.2 Å². The van der Waals surface area contributed by atoms with Crippen molar-refractivity contribution < 1.29 is 4.52 Å². The second-order valence-electron chi connectivity index (χ2n) is 3.81. The molecule has 116 valence electrons. The molecule has 3 aromatic rings. The lowest BCUT2D eigenvalue weighted by molar-refractivity contribution is 0.435. The van der Waals surface area contributed by atoms with Gasteiger partial charge in [0.05, 0.1) is 17.4 Å². The standard InChI is InChI=1S/C12H6ClN7O.C2H6/c13-7-1-2-9(16-4-7)11-19-12(21-20-11)18-10-6-15-8(3-14)5-17-10;1-2/h1-2,4-6H,(H,17,18,19,20);1-2H3. The predicted molar refractivity (Wildman–Crippen MR) is 83.9 cm³/mol. The van der Waals surface area contributed by atoms with Gasteiger partial charge in [0.2, 0.25) is 5.82 Å². The van der Waals surface area contributed by atoms with Gasteiger partial charge in [0.1, 0.15) is 11.8 Å². The zero-order valence-electron chi connectivity index (χ0n) is 12.4. The number of halogens is 1. The van der Waals surface area contributed by atoms with Gasteiger partial charge in [-0.15, -0.1) is 0 Å². The average Bonchev–Trinajstić information content (AvgIpc) is 3.06. The molecule has 3 aromatic heterocycles. The van der Waals surface area contributed by atoms with Crippen LogP contribution in [0.25, 0.3) is 11.5 Å². The number of nitriles is 1. The van der Waals surface area contributed by atoms with Crippen LogP contribution in [-0.2, 0) is 0 Å². The van der Waals surface area contributed by atoms with Crippen molar-refractivity contribution in [2.45, 2.75) is 13.8 Å². The van der Waals surface area contributed by atoms with Crippen LogP contribution >= 0.6 is 11.6 Å². The van der Waals surface area contributed by atoms with Gasteiger partial charge < -0.3 is 4.52 Å². The molecule has 3 rings (SSSR count). The molecular weight excluding hydrogens is 318 g/mol. The third-order valence-corrected chi connectivity index (χ3v) is 2.61. The number of anilines is 2. The lowest BCUT2D eigenvalue weighted by Gasteiger charge is -1.97. The Morgan fingerprint density at radius 2 is 1.96 bits per heavy atom. The van der Waals surface area contributed by atoms with Gasteiger partial charge in [-0.1, -0.05) is 30.6 Å². The fraction of sp³-hybridized carbons (Fsp3) is 0.143. The molecule has 0 fully saturated rings.